The van der Waals surface area contributed by atoms with Crippen LogP contribution in [0.1, 0.15) is 68.7 Å². The van der Waals surface area contributed by atoms with Crippen LogP contribution in [0, 0.1) is 11.3 Å². The second-order valence-corrected chi connectivity index (χ2v) is 7.83. The Kier molecular flexibility index (Phi) is 9.58. The molecule has 0 aliphatic rings. The molecule has 0 unspecified atom stereocenters. The summed E-state index contributed by atoms with van der Waals surface area (Å²) in [5, 5.41) is 19.9. The van der Waals surface area contributed by atoms with Gasteiger partial charge in [0.15, 0.2) is 0 Å². The fourth-order valence-corrected chi connectivity index (χ4v) is 3.76. The fourth-order valence-electron chi connectivity index (χ4n) is 3.76. The number of unbranched alkanes of at least 4 members (excludes halogenated alkanes) is 3. The van der Waals surface area contributed by atoms with Gasteiger partial charge < -0.3 is 10.0 Å². The molecule has 1 aromatic heterocycles. The maximum Gasteiger partial charge on any atom is 0.418 e. The average molecular weight is 474 g/mol. The lowest BCUT2D eigenvalue weighted by Gasteiger charge is -2.20. The van der Waals surface area contributed by atoms with Crippen molar-refractivity contribution < 1.29 is 18.3 Å². The van der Waals surface area contributed by atoms with E-state index in [1.54, 1.807) is 0 Å². The molecule has 1 aromatic carbocycles. The van der Waals surface area contributed by atoms with Crippen LogP contribution < -0.4 is 10.5 Å². The van der Waals surface area contributed by atoms with Crippen LogP contribution in [0.5, 0.6) is 5.88 Å². The van der Waals surface area contributed by atoms with Gasteiger partial charge in [0.1, 0.15) is 11.6 Å². The van der Waals surface area contributed by atoms with E-state index in [0.29, 0.717) is 12.0 Å². The first-order valence-electron chi connectivity index (χ1n) is 11.4. The van der Waals surface area contributed by atoms with Gasteiger partial charge in [-0.3, -0.25) is 9.36 Å². The average Bonchev–Trinajstić information content (AvgIpc) is 2.80. The molecule has 0 fully saturated rings. The van der Waals surface area contributed by atoms with E-state index in [0.717, 1.165) is 48.7 Å². The van der Waals surface area contributed by atoms with Crippen LogP contribution in [0.2, 0.25) is 0 Å². The molecule has 0 amide bonds. The van der Waals surface area contributed by atoms with E-state index in [-0.39, 0.29) is 6.54 Å². The summed E-state index contributed by atoms with van der Waals surface area (Å²) in [5.74, 6) is -0.814. The molecule has 182 valence electrons. The highest BCUT2D eigenvalue weighted by Crippen LogP contribution is 2.37. The molecular weight excluding hydrogens is 443 g/mol. The van der Waals surface area contributed by atoms with E-state index in [9.17, 15) is 28.3 Å². The highest BCUT2D eigenvalue weighted by molar-refractivity contribution is 5.66. The summed E-state index contributed by atoms with van der Waals surface area (Å²) in [6, 6.07) is 8.83. The van der Waals surface area contributed by atoms with Crippen LogP contribution in [-0.2, 0) is 12.7 Å². The van der Waals surface area contributed by atoms with Gasteiger partial charge >= 0.3 is 6.18 Å². The second-order valence-electron chi connectivity index (χ2n) is 7.83. The minimum atomic E-state index is -5.00. The van der Waals surface area contributed by atoms with Gasteiger partial charge in [-0.15, -0.1) is 5.73 Å². The van der Waals surface area contributed by atoms with E-state index in [1.165, 1.54) is 12.1 Å². The molecular formula is C26H30F3N3O2. The summed E-state index contributed by atoms with van der Waals surface area (Å²) in [6.07, 6.45) is 0.528. The van der Waals surface area contributed by atoms with Crippen LogP contribution in [-0.4, -0.2) is 22.8 Å². The number of rotatable bonds is 10. The van der Waals surface area contributed by atoms with Crippen molar-refractivity contribution in [1.29, 1.82) is 5.26 Å². The Labute approximate surface area is 198 Å². The Morgan fingerprint density at radius 2 is 1.71 bits per heavy atom. The molecule has 1 heterocycles. The summed E-state index contributed by atoms with van der Waals surface area (Å²) >= 11 is 0. The van der Waals surface area contributed by atoms with E-state index in [2.05, 4.69) is 10.6 Å². The summed E-state index contributed by atoms with van der Waals surface area (Å²) < 4.78 is 42.3. The molecule has 0 spiro atoms. The first kappa shape index (κ1) is 26.8. The number of benzene rings is 1. The third-order valence-electron chi connectivity index (χ3n) is 5.60. The van der Waals surface area contributed by atoms with Crippen molar-refractivity contribution in [2.45, 2.75) is 59.2 Å². The number of nitrogens with zero attached hydrogens (tertiary/aromatic N) is 3. The molecule has 34 heavy (non-hydrogen) atoms. The van der Waals surface area contributed by atoms with Crippen LogP contribution in [0.3, 0.4) is 0 Å². The molecule has 0 aliphatic carbocycles. The molecule has 1 N–H and O–H groups in total. The first-order valence-corrected chi connectivity index (χ1v) is 11.4. The lowest BCUT2D eigenvalue weighted by atomic mass is 10.0. The molecule has 5 nitrogen and oxygen atoms in total. The molecule has 0 aliphatic heterocycles. The van der Waals surface area contributed by atoms with E-state index >= 15 is 0 Å². The molecule has 0 atom stereocenters. The third-order valence-corrected chi connectivity index (χ3v) is 5.60. The van der Waals surface area contributed by atoms with Gasteiger partial charge in [-0.2, -0.15) is 18.4 Å². The van der Waals surface area contributed by atoms with E-state index in [1.807, 2.05) is 45.0 Å². The van der Waals surface area contributed by atoms with Crippen molar-refractivity contribution in [3.8, 4) is 11.9 Å². The van der Waals surface area contributed by atoms with Crippen molar-refractivity contribution in [3.63, 3.8) is 0 Å². The summed E-state index contributed by atoms with van der Waals surface area (Å²) in [5.41, 5.74) is 0.142. The predicted octanol–water partition coefficient (Wildman–Crippen LogP) is 6.20. The first-order chi connectivity index (χ1) is 16.2. The molecule has 8 heteroatoms. The number of hydrogen-bond donors (Lipinski definition) is 1. The minimum Gasteiger partial charge on any atom is -0.494 e. The number of aromatic nitrogens is 1. The van der Waals surface area contributed by atoms with Crippen molar-refractivity contribution in [1.82, 2.24) is 4.57 Å². The number of halogens is 3. The van der Waals surface area contributed by atoms with Crippen molar-refractivity contribution in [2.24, 2.45) is 0 Å². The number of anilines is 1. The maximum atomic E-state index is 13.8. The summed E-state index contributed by atoms with van der Waals surface area (Å²) in [4.78, 5) is 14.7. The zero-order valence-corrected chi connectivity index (χ0v) is 19.7. The highest BCUT2D eigenvalue weighted by Gasteiger charge is 2.39. The zero-order valence-electron chi connectivity index (χ0n) is 19.7. The molecule has 0 saturated carbocycles. The summed E-state index contributed by atoms with van der Waals surface area (Å²) in [6.45, 7) is 7.81. The fraction of sp³-hybridized carbons (Fsp3) is 0.423. The van der Waals surface area contributed by atoms with E-state index in [4.69, 9.17) is 0 Å². The van der Waals surface area contributed by atoms with Gasteiger partial charge in [0, 0.05) is 25.3 Å². The molecule has 2 rings (SSSR count). The summed E-state index contributed by atoms with van der Waals surface area (Å²) in [7, 11) is 0. The number of hydrogen-bond acceptors (Lipinski definition) is 4. The zero-order chi connectivity index (χ0) is 25.3. The van der Waals surface area contributed by atoms with Crippen LogP contribution in [0.4, 0.5) is 18.9 Å². The van der Waals surface area contributed by atoms with Crippen LogP contribution >= 0.6 is 0 Å². The SMILES string of the molecule is CCCCCCn1c(O)c(C=C=Cc2ccc(N(CC)CC)cc2)c(C(F)(F)F)c(C#N)c1=O. The smallest absolute Gasteiger partial charge is 0.418 e. The second kappa shape index (κ2) is 12.2. The molecule has 2 aromatic rings. The monoisotopic (exact) mass is 473 g/mol. The van der Waals surface area contributed by atoms with Gasteiger partial charge in [0.2, 0.25) is 5.88 Å². The molecule has 0 radical (unpaired) electrons. The van der Waals surface area contributed by atoms with Gasteiger partial charge in [-0.1, -0.05) is 38.3 Å². The van der Waals surface area contributed by atoms with Crippen molar-refractivity contribution in [3.05, 3.63) is 62.6 Å². The number of aromatic hydroxyl groups is 1. The third kappa shape index (κ3) is 6.33. The number of pyridine rings is 1. The Balaban J connectivity index is 2.54. The van der Waals surface area contributed by atoms with Gasteiger partial charge in [-0.25, -0.2) is 0 Å². The van der Waals surface area contributed by atoms with Crippen LogP contribution in [0.25, 0.3) is 12.2 Å². The van der Waals surface area contributed by atoms with Gasteiger partial charge in [0.25, 0.3) is 5.56 Å². The normalized spacial score (nSPS) is 11.0. The number of alkyl halides is 3. The van der Waals surface area contributed by atoms with Crippen molar-refractivity contribution >= 4 is 17.8 Å². The Morgan fingerprint density at radius 1 is 1.06 bits per heavy atom. The Bertz CT molecular complexity index is 1130. The highest BCUT2D eigenvalue weighted by atomic mass is 19.4. The molecule has 0 saturated heterocycles. The van der Waals surface area contributed by atoms with E-state index < -0.39 is 34.3 Å². The Hall–Kier alpha value is -3.43. The van der Waals surface area contributed by atoms with Crippen LogP contribution in [0.15, 0.2) is 34.8 Å². The maximum absolute atomic E-state index is 13.8. The van der Waals surface area contributed by atoms with Gasteiger partial charge in [0.05, 0.1) is 11.1 Å². The standard InChI is InChI=1S/C26H30F3N3O2/c1-4-7-8-9-17-32-24(33)21(23(26(27,28)29)22(18-30)25(32)34)12-10-11-19-13-15-20(16-14-19)31(5-2)6-3/h11-16,33H,4-9,17H2,1-3H3. The topological polar surface area (TPSA) is 69.3 Å². The quantitative estimate of drug-likeness (QED) is 0.330. The molecule has 0 bridgehead atoms. The largest absolute Gasteiger partial charge is 0.494 e. The van der Waals surface area contributed by atoms with Crippen molar-refractivity contribution in [2.75, 3.05) is 18.0 Å². The Morgan fingerprint density at radius 3 is 2.24 bits per heavy atom. The lowest BCUT2D eigenvalue weighted by Crippen LogP contribution is -2.28. The minimum absolute atomic E-state index is 0.0227. The van der Waals surface area contributed by atoms with Gasteiger partial charge in [-0.05, 0) is 50.1 Å². The lowest BCUT2D eigenvalue weighted by molar-refractivity contribution is -0.138. The predicted molar refractivity (Wildman–Crippen MR) is 129 cm³/mol. The number of nitriles is 1.